The van der Waals surface area contributed by atoms with Gasteiger partial charge in [0.25, 0.3) is 10.2 Å². The van der Waals surface area contributed by atoms with Gasteiger partial charge >= 0.3 is 0 Å². The minimum absolute atomic E-state index is 0.367. The van der Waals surface area contributed by atoms with Crippen LogP contribution in [0.5, 0.6) is 5.88 Å². The van der Waals surface area contributed by atoms with Crippen LogP contribution in [0, 0.1) is 5.92 Å². The first-order chi connectivity index (χ1) is 11.0. The average Bonchev–Trinajstić information content (AvgIpc) is 2.47. The molecular formula is C14H19N5O3S. The zero-order valence-corrected chi connectivity index (χ0v) is 13.6. The van der Waals surface area contributed by atoms with Gasteiger partial charge in [0.15, 0.2) is 0 Å². The van der Waals surface area contributed by atoms with Crippen molar-refractivity contribution in [1.29, 1.82) is 0 Å². The maximum absolute atomic E-state index is 10.8. The lowest BCUT2D eigenvalue weighted by atomic mass is 9.95. The van der Waals surface area contributed by atoms with Gasteiger partial charge in [-0.15, -0.1) is 0 Å². The maximum Gasteiger partial charge on any atom is 0.274 e. The Balaban J connectivity index is 1.66. The van der Waals surface area contributed by atoms with Gasteiger partial charge in [0, 0.05) is 43.0 Å². The molecular weight excluding hydrogens is 318 g/mol. The molecule has 2 aromatic heterocycles. The van der Waals surface area contributed by atoms with Gasteiger partial charge in [0.05, 0.1) is 18.8 Å². The van der Waals surface area contributed by atoms with Crippen molar-refractivity contribution in [3.8, 4) is 5.88 Å². The van der Waals surface area contributed by atoms with Crippen LogP contribution < -0.4 is 19.5 Å². The Morgan fingerprint density at radius 3 is 2.91 bits per heavy atom. The summed E-state index contributed by atoms with van der Waals surface area (Å²) in [5.41, 5.74) is 1.91. The largest absolute Gasteiger partial charge is 0.481 e. The summed E-state index contributed by atoms with van der Waals surface area (Å²) in [7, 11) is -2.01. The molecule has 1 fully saturated rings. The van der Waals surface area contributed by atoms with Crippen LogP contribution in [0.15, 0.2) is 24.5 Å². The molecule has 0 radical (unpaired) electrons. The number of methoxy groups -OCH3 is 1. The first-order valence-electron chi connectivity index (χ1n) is 7.27. The summed E-state index contributed by atoms with van der Waals surface area (Å²) in [4.78, 5) is 10.7. The normalized spacial score (nSPS) is 15.7. The molecule has 9 heteroatoms. The van der Waals surface area contributed by atoms with Crippen molar-refractivity contribution in [2.45, 2.75) is 6.42 Å². The van der Waals surface area contributed by atoms with E-state index in [-0.39, 0.29) is 0 Å². The lowest BCUT2D eigenvalue weighted by Gasteiger charge is -2.41. The second-order valence-corrected chi connectivity index (χ2v) is 6.95. The van der Waals surface area contributed by atoms with Crippen molar-refractivity contribution in [1.82, 2.24) is 14.7 Å². The Morgan fingerprint density at radius 2 is 2.22 bits per heavy atom. The number of hydrogen-bond donors (Lipinski definition) is 2. The quantitative estimate of drug-likeness (QED) is 0.782. The van der Waals surface area contributed by atoms with Gasteiger partial charge < -0.3 is 9.64 Å². The SMILES string of the molecule is COc1cc2c(N3CC(CCNS(N)(=O)=O)C3)ccnc2cn1. The summed E-state index contributed by atoms with van der Waals surface area (Å²) < 4.78 is 29.2. The van der Waals surface area contributed by atoms with Crippen molar-refractivity contribution < 1.29 is 13.2 Å². The van der Waals surface area contributed by atoms with Gasteiger partial charge in [-0.3, -0.25) is 4.98 Å². The molecule has 124 valence electrons. The Hall–Kier alpha value is -1.97. The van der Waals surface area contributed by atoms with E-state index in [1.807, 2.05) is 12.1 Å². The van der Waals surface area contributed by atoms with Gasteiger partial charge in [-0.25, -0.2) is 14.8 Å². The van der Waals surface area contributed by atoms with Crippen molar-refractivity contribution in [2.24, 2.45) is 11.1 Å². The topological polar surface area (TPSA) is 110 Å². The molecule has 0 unspecified atom stereocenters. The van der Waals surface area contributed by atoms with E-state index in [4.69, 9.17) is 9.88 Å². The summed E-state index contributed by atoms with van der Waals surface area (Å²) >= 11 is 0. The van der Waals surface area contributed by atoms with Crippen LogP contribution in [0.2, 0.25) is 0 Å². The van der Waals surface area contributed by atoms with Crippen LogP contribution in [0.4, 0.5) is 5.69 Å². The number of nitrogens with zero attached hydrogens (tertiary/aromatic N) is 3. The maximum atomic E-state index is 10.8. The van der Waals surface area contributed by atoms with E-state index in [1.54, 1.807) is 19.5 Å². The highest BCUT2D eigenvalue weighted by Crippen LogP contribution is 2.32. The molecule has 8 nitrogen and oxygen atoms in total. The van der Waals surface area contributed by atoms with Crippen molar-refractivity contribution in [2.75, 3.05) is 31.6 Å². The molecule has 1 aliphatic heterocycles. The summed E-state index contributed by atoms with van der Waals surface area (Å²) in [6.45, 7) is 2.11. The number of anilines is 1. The third-order valence-corrected chi connectivity index (χ3v) is 4.55. The third-order valence-electron chi connectivity index (χ3n) is 3.94. The van der Waals surface area contributed by atoms with Gasteiger partial charge in [0.2, 0.25) is 5.88 Å². The summed E-state index contributed by atoms with van der Waals surface area (Å²) in [5.74, 6) is 0.998. The molecule has 3 rings (SSSR count). The highest BCUT2D eigenvalue weighted by atomic mass is 32.2. The second kappa shape index (κ2) is 6.26. The fraction of sp³-hybridized carbons (Fsp3) is 0.429. The molecule has 0 atom stereocenters. The van der Waals surface area contributed by atoms with E-state index < -0.39 is 10.2 Å². The van der Waals surface area contributed by atoms with Gasteiger partial charge in [-0.1, -0.05) is 0 Å². The highest BCUT2D eigenvalue weighted by molar-refractivity contribution is 7.87. The van der Waals surface area contributed by atoms with Crippen LogP contribution in [-0.2, 0) is 10.2 Å². The Labute approximate surface area is 134 Å². The fourth-order valence-electron chi connectivity index (χ4n) is 2.76. The summed E-state index contributed by atoms with van der Waals surface area (Å²) in [5, 5.41) is 5.92. The number of nitrogens with two attached hydrogens (primary N) is 1. The molecule has 3 heterocycles. The summed E-state index contributed by atoms with van der Waals surface area (Å²) in [6.07, 6.45) is 4.23. The standard InChI is InChI=1S/C14H19N5O3S/c1-22-14-6-11-12(7-17-14)16-4-3-13(11)19-8-10(9-19)2-5-18-23(15,20)21/h3-4,6-7,10,18H,2,5,8-9H2,1H3,(H2,15,20,21). The third kappa shape index (κ3) is 3.69. The minimum atomic E-state index is -3.60. The molecule has 0 spiro atoms. The Bertz CT molecular complexity index is 805. The molecule has 23 heavy (non-hydrogen) atoms. The lowest BCUT2D eigenvalue weighted by molar-refractivity contribution is 0.384. The van der Waals surface area contributed by atoms with E-state index in [1.165, 1.54) is 0 Å². The Morgan fingerprint density at radius 1 is 1.43 bits per heavy atom. The molecule has 1 aliphatic rings. The predicted molar refractivity (Wildman–Crippen MR) is 87.5 cm³/mol. The van der Waals surface area contributed by atoms with Crippen molar-refractivity contribution >= 4 is 26.8 Å². The molecule has 0 bridgehead atoms. The molecule has 0 aromatic carbocycles. The lowest BCUT2D eigenvalue weighted by Crippen LogP contribution is -2.48. The van der Waals surface area contributed by atoms with Crippen molar-refractivity contribution in [3.63, 3.8) is 0 Å². The van der Waals surface area contributed by atoms with Crippen LogP contribution in [-0.4, -0.2) is 45.1 Å². The number of fused-ring (bicyclic) bond motifs is 1. The molecule has 2 aromatic rings. The van der Waals surface area contributed by atoms with Gasteiger partial charge in [-0.2, -0.15) is 8.42 Å². The fourth-order valence-corrected chi connectivity index (χ4v) is 3.16. The van der Waals surface area contributed by atoms with Crippen molar-refractivity contribution in [3.05, 3.63) is 24.5 Å². The smallest absolute Gasteiger partial charge is 0.274 e. The molecule has 0 saturated carbocycles. The predicted octanol–water partition coefficient (Wildman–Crippen LogP) is 0.258. The number of hydrogen-bond acceptors (Lipinski definition) is 6. The first-order valence-corrected chi connectivity index (χ1v) is 8.82. The molecule has 0 aliphatic carbocycles. The molecule has 3 N–H and O–H groups in total. The van der Waals surface area contributed by atoms with E-state index >= 15 is 0 Å². The van der Waals surface area contributed by atoms with E-state index in [0.717, 1.165) is 36.1 Å². The van der Waals surface area contributed by atoms with E-state index in [0.29, 0.717) is 18.3 Å². The number of ether oxygens (including phenoxy) is 1. The van der Waals surface area contributed by atoms with Crippen LogP contribution >= 0.6 is 0 Å². The number of pyridine rings is 2. The summed E-state index contributed by atoms with van der Waals surface area (Å²) in [6, 6.07) is 3.86. The second-order valence-electron chi connectivity index (χ2n) is 5.57. The number of aromatic nitrogens is 2. The van der Waals surface area contributed by atoms with E-state index in [9.17, 15) is 8.42 Å². The van der Waals surface area contributed by atoms with Crippen LogP contribution in [0.1, 0.15) is 6.42 Å². The number of nitrogens with one attached hydrogen (secondary N) is 1. The number of rotatable bonds is 6. The zero-order valence-electron chi connectivity index (χ0n) is 12.8. The monoisotopic (exact) mass is 337 g/mol. The average molecular weight is 337 g/mol. The van der Waals surface area contributed by atoms with Crippen LogP contribution in [0.25, 0.3) is 10.9 Å². The first kappa shape index (κ1) is 15.9. The molecule has 0 amide bonds. The minimum Gasteiger partial charge on any atom is -0.481 e. The van der Waals surface area contributed by atoms with Gasteiger partial charge in [0.1, 0.15) is 0 Å². The highest BCUT2D eigenvalue weighted by Gasteiger charge is 2.28. The molecule has 1 saturated heterocycles. The Kier molecular flexibility index (Phi) is 4.33. The van der Waals surface area contributed by atoms with Crippen LogP contribution in [0.3, 0.4) is 0 Å². The zero-order chi connectivity index (χ0) is 16.4. The van der Waals surface area contributed by atoms with E-state index in [2.05, 4.69) is 19.6 Å². The van der Waals surface area contributed by atoms with Gasteiger partial charge in [-0.05, 0) is 18.4 Å².